The Labute approximate surface area is 103 Å². The molecule has 2 rings (SSSR count). The normalized spacial score (nSPS) is 18.8. The number of carbonyl (C=O) groups is 1. The molecule has 0 unspecified atom stereocenters. The number of Topliss-reactive ketones (excluding diaryl/α,β-unsaturated/α-hetero) is 1. The molecule has 0 N–H and O–H groups in total. The summed E-state index contributed by atoms with van der Waals surface area (Å²) in [6, 6.07) is 3.71. The number of furan rings is 1. The van der Waals surface area contributed by atoms with Gasteiger partial charge in [0.2, 0.25) is 5.78 Å². The first-order valence-corrected chi connectivity index (χ1v) is 6.65. The van der Waals surface area contributed by atoms with Crippen molar-refractivity contribution in [3.05, 3.63) is 23.7 Å². The fourth-order valence-corrected chi connectivity index (χ4v) is 3.18. The number of rotatable bonds is 4. The maximum Gasteiger partial charge on any atom is 0.204 e. The van der Waals surface area contributed by atoms with Crippen molar-refractivity contribution < 1.29 is 9.21 Å². The van der Waals surface area contributed by atoms with Crippen LogP contribution in [0.25, 0.3) is 0 Å². The fourth-order valence-electron chi connectivity index (χ4n) is 3.18. The summed E-state index contributed by atoms with van der Waals surface area (Å²) in [5.41, 5.74) is -0.140. The largest absolute Gasteiger partial charge is 0.458 e. The van der Waals surface area contributed by atoms with E-state index in [0.29, 0.717) is 11.7 Å². The molecule has 1 aromatic rings. The van der Waals surface area contributed by atoms with Crippen LogP contribution in [0.2, 0.25) is 0 Å². The zero-order valence-corrected chi connectivity index (χ0v) is 11.1. The molecule has 94 valence electrons. The van der Waals surface area contributed by atoms with E-state index in [9.17, 15) is 4.79 Å². The predicted octanol–water partition coefficient (Wildman–Crippen LogP) is 4.38. The molecule has 1 aromatic heterocycles. The molecule has 1 aliphatic rings. The van der Waals surface area contributed by atoms with E-state index in [0.717, 1.165) is 25.0 Å². The van der Waals surface area contributed by atoms with Crippen molar-refractivity contribution in [2.24, 2.45) is 11.3 Å². The Balaban J connectivity index is 2.24. The van der Waals surface area contributed by atoms with Gasteiger partial charge in [0, 0.05) is 5.41 Å². The first-order chi connectivity index (χ1) is 8.03. The minimum absolute atomic E-state index is 0.140. The van der Waals surface area contributed by atoms with Crippen LogP contribution in [0.3, 0.4) is 0 Å². The van der Waals surface area contributed by atoms with Crippen LogP contribution in [0.5, 0.6) is 0 Å². The summed E-state index contributed by atoms with van der Waals surface area (Å²) in [7, 11) is 0. The SMILES string of the molecule is Cc1ccc(C(=O)C2(CC(C)C)CCCC2)o1. The first-order valence-electron chi connectivity index (χ1n) is 6.65. The van der Waals surface area contributed by atoms with E-state index in [1.807, 2.05) is 19.1 Å². The molecule has 1 fully saturated rings. The highest BCUT2D eigenvalue weighted by atomic mass is 16.3. The summed E-state index contributed by atoms with van der Waals surface area (Å²) in [5, 5.41) is 0. The zero-order chi connectivity index (χ0) is 12.5. The summed E-state index contributed by atoms with van der Waals surface area (Å²) in [6.07, 6.45) is 5.41. The van der Waals surface area contributed by atoms with Crippen molar-refractivity contribution >= 4 is 5.78 Å². The van der Waals surface area contributed by atoms with Gasteiger partial charge >= 0.3 is 0 Å². The van der Waals surface area contributed by atoms with Gasteiger partial charge in [0.05, 0.1) is 0 Å². The average molecular weight is 234 g/mol. The summed E-state index contributed by atoms with van der Waals surface area (Å²) in [4.78, 5) is 12.6. The molecule has 0 radical (unpaired) electrons. The Bertz CT molecular complexity index is 395. The van der Waals surface area contributed by atoms with Gasteiger partial charge in [-0.25, -0.2) is 0 Å². The number of ketones is 1. The van der Waals surface area contributed by atoms with Crippen LogP contribution in [-0.2, 0) is 0 Å². The molecular formula is C15H22O2. The highest BCUT2D eigenvalue weighted by Crippen LogP contribution is 2.45. The lowest BCUT2D eigenvalue weighted by molar-refractivity contribution is 0.0727. The summed E-state index contributed by atoms with van der Waals surface area (Å²) < 4.78 is 5.51. The Kier molecular flexibility index (Phi) is 3.41. The maximum atomic E-state index is 12.6. The van der Waals surface area contributed by atoms with E-state index in [1.165, 1.54) is 12.8 Å². The third-order valence-electron chi connectivity index (χ3n) is 3.81. The van der Waals surface area contributed by atoms with Crippen LogP contribution in [0, 0.1) is 18.3 Å². The molecule has 0 bridgehead atoms. The van der Waals surface area contributed by atoms with Crippen LogP contribution >= 0.6 is 0 Å². The topological polar surface area (TPSA) is 30.2 Å². The van der Waals surface area contributed by atoms with E-state index in [1.54, 1.807) is 0 Å². The van der Waals surface area contributed by atoms with Crippen LogP contribution < -0.4 is 0 Å². The lowest BCUT2D eigenvalue weighted by atomic mass is 9.74. The highest BCUT2D eigenvalue weighted by Gasteiger charge is 2.42. The van der Waals surface area contributed by atoms with Crippen LogP contribution in [0.1, 0.15) is 62.3 Å². The third-order valence-corrected chi connectivity index (χ3v) is 3.81. The van der Waals surface area contributed by atoms with Gasteiger partial charge in [-0.1, -0.05) is 26.7 Å². The second kappa shape index (κ2) is 4.67. The molecule has 2 nitrogen and oxygen atoms in total. The van der Waals surface area contributed by atoms with Gasteiger partial charge in [0.15, 0.2) is 5.76 Å². The van der Waals surface area contributed by atoms with Gasteiger partial charge < -0.3 is 4.42 Å². The fraction of sp³-hybridized carbons (Fsp3) is 0.667. The van der Waals surface area contributed by atoms with Crippen LogP contribution in [0.15, 0.2) is 16.5 Å². The molecule has 1 aliphatic carbocycles. The molecule has 0 atom stereocenters. The Morgan fingerprint density at radius 1 is 1.35 bits per heavy atom. The van der Waals surface area contributed by atoms with Gasteiger partial charge in [-0.3, -0.25) is 4.79 Å². The lowest BCUT2D eigenvalue weighted by Gasteiger charge is -2.28. The zero-order valence-electron chi connectivity index (χ0n) is 11.1. The first kappa shape index (κ1) is 12.4. The lowest BCUT2D eigenvalue weighted by Crippen LogP contribution is -2.29. The van der Waals surface area contributed by atoms with E-state index < -0.39 is 0 Å². The number of hydrogen-bond donors (Lipinski definition) is 0. The molecule has 17 heavy (non-hydrogen) atoms. The summed E-state index contributed by atoms with van der Waals surface area (Å²) >= 11 is 0. The van der Waals surface area contributed by atoms with E-state index in [-0.39, 0.29) is 11.2 Å². The molecule has 0 saturated heterocycles. The molecule has 0 spiro atoms. The Morgan fingerprint density at radius 2 is 2.00 bits per heavy atom. The van der Waals surface area contributed by atoms with Crippen molar-refractivity contribution in [2.45, 2.75) is 52.9 Å². The monoisotopic (exact) mass is 234 g/mol. The number of aryl methyl sites for hydroxylation is 1. The molecule has 0 amide bonds. The molecule has 1 heterocycles. The average Bonchev–Trinajstić information content (AvgIpc) is 2.86. The predicted molar refractivity (Wildman–Crippen MR) is 68.1 cm³/mol. The van der Waals surface area contributed by atoms with Gasteiger partial charge in [-0.15, -0.1) is 0 Å². The Morgan fingerprint density at radius 3 is 2.47 bits per heavy atom. The second-order valence-electron chi connectivity index (χ2n) is 5.82. The van der Waals surface area contributed by atoms with Gasteiger partial charge in [-0.05, 0) is 44.2 Å². The van der Waals surface area contributed by atoms with Gasteiger partial charge in [0.25, 0.3) is 0 Å². The van der Waals surface area contributed by atoms with Crippen LogP contribution in [0.4, 0.5) is 0 Å². The molecular weight excluding hydrogens is 212 g/mol. The summed E-state index contributed by atoms with van der Waals surface area (Å²) in [5.74, 6) is 2.18. The van der Waals surface area contributed by atoms with Crippen molar-refractivity contribution in [1.82, 2.24) is 0 Å². The minimum Gasteiger partial charge on any atom is -0.458 e. The Hall–Kier alpha value is -1.05. The molecule has 0 aromatic carbocycles. The van der Waals surface area contributed by atoms with E-state index >= 15 is 0 Å². The summed E-state index contributed by atoms with van der Waals surface area (Å²) in [6.45, 7) is 6.28. The van der Waals surface area contributed by atoms with Crippen molar-refractivity contribution in [3.8, 4) is 0 Å². The van der Waals surface area contributed by atoms with E-state index in [4.69, 9.17) is 4.42 Å². The van der Waals surface area contributed by atoms with Gasteiger partial charge in [-0.2, -0.15) is 0 Å². The van der Waals surface area contributed by atoms with Crippen molar-refractivity contribution in [2.75, 3.05) is 0 Å². The van der Waals surface area contributed by atoms with Crippen molar-refractivity contribution in [3.63, 3.8) is 0 Å². The second-order valence-corrected chi connectivity index (χ2v) is 5.82. The quantitative estimate of drug-likeness (QED) is 0.724. The maximum absolute atomic E-state index is 12.6. The van der Waals surface area contributed by atoms with Crippen LogP contribution in [-0.4, -0.2) is 5.78 Å². The van der Waals surface area contributed by atoms with E-state index in [2.05, 4.69) is 13.8 Å². The molecule has 2 heteroatoms. The minimum atomic E-state index is -0.140. The highest BCUT2D eigenvalue weighted by molar-refractivity contribution is 5.98. The molecule has 0 aliphatic heterocycles. The van der Waals surface area contributed by atoms with Crippen molar-refractivity contribution in [1.29, 1.82) is 0 Å². The smallest absolute Gasteiger partial charge is 0.204 e. The third kappa shape index (κ3) is 2.46. The number of carbonyl (C=O) groups excluding carboxylic acids is 1. The number of hydrogen-bond acceptors (Lipinski definition) is 2. The molecule has 1 saturated carbocycles. The van der Waals surface area contributed by atoms with Gasteiger partial charge in [0.1, 0.15) is 5.76 Å². The standard InChI is InChI=1S/C15H22O2/c1-11(2)10-15(8-4-5-9-15)14(16)13-7-6-12(3)17-13/h6-7,11H,4-5,8-10H2,1-3H3.